The molecule has 0 radical (unpaired) electrons. The molecule has 182 valence electrons. The minimum Gasteiger partial charge on any atom is -0.457 e. The van der Waals surface area contributed by atoms with Crippen molar-refractivity contribution in [3.63, 3.8) is 0 Å². The van der Waals surface area contributed by atoms with Crippen LogP contribution in [0.5, 0.6) is 11.5 Å². The van der Waals surface area contributed by atoms with Crippen molar-refractivity contribution in [3.05, 3.63) is 102 Å². The molecule has 0 saturated heterocycles. The van der Waals surface area contributed by atoms with Crippen LogP contribution in [-0.2, 0) is 0 Å². The molecule has 0 saturated carbocycles. The highest BCUT2D eigenvalue weighted by molar-refractivity contribution is 7.13. The molecule has 37 heavy (non-hydrogen) atoms. The standard InChI is InChI=1S/C27H21N7O2S/c28-21-14-22(17-5-4-6-18(13-17)26(35)33-27-34-31-15-37-27)32-24(23(21)25(29)30)16-9-11-20(12-10-16)36-19-7-2-1-3-8-19/h1-15H,(H2,28,32)(H3,29,30)(H,33,34,35). The lowest BCUT2D eigenvalue weighted by Gasteiger charge is -2.14. The average Bonchev–Trinajstić information content (AvgIpc) is 3.42. The number of carbonyl (C=O) groups excluding carboxylic acids is 1. The van der Waals surface area contributed by atoms with Gasteiger partial charge in [-0.3, -0.25) is 15.5 Å². The second-order valence-electron chi connectivity index (χ2n) is 7.95. The van der Waals surface area contributed by atoms with Crippen molar-refractivity contribution in [1.82, 2.24) is 15.2 Å². The van der Waals surface area contributed by atoms with E-state index in [-0.39, 0.29) is 11.7 Å². The molecule has 10 heteroatoms. The van der Waals surface area contributed by atoms with Gasteiger partial charge in [-0.15, -0.1) is 10.2 Å². The van der Waals surface area contributed by atoms with E-state index in [1.165, 1.54) is 16.8 Å². The number of nitrogens with zero attached hydrogens (tertiary/aromatic N) is 3. The molecule has 9 nitrogen and oxygen atoms in total. The van der Waals surface area contributed by atoms with Gasteiger partial charge in [0.15, 0.2) is 0 Å². The smallest absolute Gasteiger partial charge is 0.257 e. The number of para-hydroxylation sites is 1. The Hall–Kier alpha value is -5.09. The molecule has 5 aromatic rings. The number of amidine groups is 1. The molecule has 2 aromatic heterocycles. The van der Waals surface area contributed by atoms with Gasteiger partial charge in [-0.25, -0.2) is 4.98 Å². The summed E-state index contributed by atoms with van der Waals surface area (Å²) >= 11 is 1.23. The molecule has 1 amide bonds. The third-order valence-corrected chi connectivity index (χ3v) is 6.03. The van der Waals surface area contributed by atoms with Gasteiger partial charge in [0, 0.05) is 22.4 Å². The Kier molecular flexibility index (Phi) is 6.56. The van der Waals surface area contributed by atoms with Gasteiger partial charge in [0.1, 0.15) is 22.8 Å². The van der Waals surface area contributed by atoms with Gasteiger partial charge >= 0.3 is 0 Å². The third kappa shape index (κ3) is 5.29. The molecule has 0 bridgehead atoms. The summed E-state index contributed by atoms with van der Waals surface area (Å²) < 4.78 is 5.88. The number of nitrogen functional groups attached to an aromatic ring is 2. The van der Waals surface area contributed by atoms with E-state index in [1.54, 1.807) is 24.3 Å². The fourth-order valence-electron chi connectivity index (χ4n) is 3.73. The molecule has 0 unspecified atom stereocenters. The number of hydrogen-bond donors (Lipinski definition) is 4. The minimum absolute atomic E-state index is 0.193. The number of nitrogens with one attached hydrogen (secondary N) is 2. The third-order valence-electron chi connectivity index (χ3n) is 5.43. The maximum absolute atomic E-state index is 12.7. The Morgan fingerprint density at radius 2 is 1.68 bits per heavy atom. The Morgan fingerprint density at radius 3 is 2.38 bits per heavy atom. The molecule has 0 spiro atoms. The van der Waals surface area contributed by atoms with E-state index in [2.05, 4.69) is 15.5 Å². The van der Waals surface area contributed by atoms with Gasteiger partial charge in [0.25, 0.3) is 5.91 Å². The van der Waals surface area contributed by atoms with Crippen molar-refractivity contribution in [3.8, 4) is 34.0 Å². The summed E-state index contributed by atoms with van der Waals surface area (Å²) in [6.07, 6.45) is 0. The number of benzene rings is 3. The predicted molar refractivity (Wildman–Crippen MR) is 145 cm³/mol. The van der Waals surface area contributed by atoms with Crippen molar-refractivity contribution in [2.45, 2.75) is 0 Å². The van der Waals surface area contributed by atoms with Crippen LogP contribution in [0.3, 0.4) is 0 Å². The summed E-state index contributed by atoms with van der Waals surface area (Å²) in [6.45, 7) is 0. The highest BCUT2D eigenvalue weighted by atomic mass is 32.1. The van der Waals surface area contributed by atoms with Gasteiger partial charge < -0.3 is 16.2 Å². The van der Waals surface area contributed by atoms with Gasteiger partial charge in [-0.1, -0.05) is 41.7 Å². The van der Waals surface area contributed by atoms with Crippen LogP contribution >= 0.6 is 11.3 Å². The number of anilines is 2. The molecule has 5 rings (SSSR count). The fourth-order valence-corrected chi connectivity index (χ4v) is 4.17. The fraction of sp³-hybridized carbons (Fsp3) is 0. The topological polar surface area (TPSA) is 153 Å². The highest BCUT2D eigenvalue weighted by Crippen LogP contribution is 2.32. The van der Waals surface area contributed by atoms with Crippen molar-refractivity contribution < 1.29 is 9.53 Å². The van der Waals surface area contributed by atoms with Crippen molar-refractivity contribution in [2.75, 3.05) is 11.1 Å². The number of rotatable bonds is 7. The van der Waals surface area contributed by atoms with Gasteiger partial charge in [-0.05, 0) is 54.6 Å². The second-order valence-corrected chi connectivity index (χ2v) is 8.79. The first kappa shape index (κ1) is 23.6. The molecular formula is C27H21N7O2S. The van der Waals surface area contributed by atoms with Crippen LogP contribution in [0.4, 0.5) is 10.8 Å². The molecule has 0 aliphatic heterocycles. The Balaban J connectivity index is 1.49. The van der Waals surface area contributed by atoms with Crippen LogP contribution in [0, 0.1) is 5.41 Å². The molecule has 2 heterocycles. The lowest BCUT2D eigenvalue weighted by molar-refractivity contribution is 0.102. The van der Waals surface area contributed by atoms with Crippen molar-refractivity contribution in [2.24, 2.45) is 5.73 Å². The summed E-state index contributed by atoms with van der Waals surface area (Å²) in [5.74, 6) is 0.860. The van der Waals surface area contributed by atoms with Crippen LogP contribution in [0.1, 0.15) is 15.9 Å². The maximum Gasteiger partial charge on any atom is 0.257 e. The van der Waals surface area contributed by atoms with Gasteiger partial charge in [-0.2, -0.15) is 0 Å². The van der Waals surface area contributed by atoms with Crippen LogP contribution in [-0.4, -0.2) is 26.9 Å². The first-order valence-corrected chi connectivity index (χ1v) is 12.0. The van der Waals surface area contributed by atoms with E-state index in [0.29, 0.717) is 50.2 Å². The Bertz CT molecular complexity index is 1570. The van der Waals surface area contributed by atoms with Crippen LogP contribution < -0.4 is 21.5 Å². The van der Waals surface area contributed by atoms with E-state index >= 15 is 0 Å². The second kappa shape index (κ2) is 10.3. The number of amides is 1. The Labute approximate surface area is 216 Å². The predicted octanol–water partition coefficient (Wildman–Crippen LogP) is 5.18. The number of ether oxygens (including phenoxy) is 1. The average molecular weight is 508 g/mol. The number of pyridine rings is 1. The first-order valence-electron chi connectivity index (χ1n) is 11.1. The number of aromatic nitrogens is 3. The van der Waals surface area contributed by atoms with Gasteiger partial charge in [0.05, 0.1) is 17.0 Å². The highest BCUT2D eigenvalue weighted by Gasteiger charge is 2.17. The summed E-state index contributed by atoms with van der Waals surface area (Å²) in [5, 5.41) is 18.8. The lowest BCUT2D eigenvalue weighted by atomic mass is 10.00. The molecule has 6 N–H and O–H groups in total. The zero-order valence-corrected chi connectivity index (χ0v) is 20.2. The molecule has 0 aliphatic rings. The first-order chi connectivity index (χ1) is 18.0. The van der Waals surface area contributed by atoms with E-state index < -0.39 is 0 Å². The lowest BCUT2D eigenvalue weighted by Crippen LogP contribution is -2.16. The maximum atomic E-state index is 12.7. The SMILES string of the molecule is N=C(N)c1c(N)cc(-c2cccc(C(=O)Nc3nncs3)c2)nc1-c1ccc(Oc2ccccc2)cc1. The molecule has 0 fully saturated rings. The zero-order chi connectivity index (χ0) is 25.8. The quantitative estimate of drug-likeness (QED) is 0.175. The summed E-state index contributed by atoms with van der Waals surface area (Å²) in [4.78, 5) is 17.5. The number of carbonyl (C=O) groups is 1. The minimum atomic E-state index is -0.318. The van der Waals surface area contributed by atoms with Crippen LogP contribution in [0.15, 0.2) is 90.4 Å². The van der Waals surface area contributed by atoms with Crippen molar-refractivity contribution in [1.29, 1.82) is 5.41 Å². The van der Waals surface area contributed by atoms with Crippen LogP contribution in [0.25, 0.3) is 22.5 Å². The molecule has 0 atom stereocenters. The monoisotopic (exact) mass is 507 g/mol. The number of nitrogens with two attached hydrogens (primary N) is 2. The molecular weight excluding hydrogens is 486 g/mol. The van der Waals surface area contributed by atoms with E-state index in [0.717, 1.165) is 5.75 Å². The molecule has 3 aromatic carbocycles. The normalized spacial score (nSPS) is 10.6. The molecule has 0 aliphatic carbocycles. The van der Waals surface area contributed by atoms with Gasteiger partial charge in [0.2, 0.25) is 5.13 Å². The summed E-state index contributed by atoms with van der Waals surface area (Å²) in [7, 11) is 0. The van der Waals surface area contributed by atoms with E-state index in [9.17, 15) is 4.79 Å². The Morgan fingerprint density at radius 1 is 0.919 bits per heavy atom. The zero-order valence-electron chi connectivity index (χ0n) is 19.4. The van der Waals surface area contributed by atoms with Crippen molar-refractivity contribution >= 4 is 33.9 Å². The number of hydrogen-bond acceptors (Lipinski definition) is 8. The largest absolute Gasteiger partial charge is 0.457 e. The van der Waals surface area contributed by atoms with E-state index in [4.69, 9.17) is 26.6 Å². The summed E-state index contributed by atoms with van der Waals surface area (Å²) in [6, 6.07) is 25.4. The summed E-state index contributed by atoms with van der Waals surface area (Å²) in [5.41, 5.74) is 17.2. The van der Waals surface area contributed by atoms with Crippen LogP contribution in [0.2, 0.25) is 0 Å². The van der Waals surface area contributed by atoms with E-state index in [1.807, 2.05) is 60.7 Å².